The van der Waals surface area contributed by atoms with Crippen LogP contribution in [-0.2, 0) is 10.0 Å². The molecule has 3 aromatic carbocycles. The number of amides is 1. The fraction of sp³-hybridized carbons (Fsp3) is 0.167. The fourth-order valence-corrected chi connectivity index (χ4v) is 5.55. The average molecular weight is 532 g/mol. The zero-order valence-corrected chi connectivity index (χ0v) is 20.6. The third kappa shape index (κ3) is 5.86. The van der Waals surface area contributed by atoms with Crippen molar-refractivity contribution in [3.05, 3.63) is 82.3 Å². The van der Waals surface area contributed by atoms with Crippen LogP contribution >= 0.6 is 23.2 Å². The van der Waals surface area contributed by atoms with Crippen LogP contribution in [0.2, 0.25) is 10.0 Å². The van der Waals surface area contributed by atoms with Crippen LogP contribution in [0.3, 0.4) is 0 Å². The molecule has 8 nitrogen and oxygen atoms in total. The first-order chi connectivity index (χ1) is 16.8. The molecule has 1 heterocycles. The van der Waals surface area contributed by atoms with Crippen LogP contribution in [0, 0.1) is 11.3 Å². The minimum Gasteiger partial charge on any atom is -0.456 e. The Kier molecular flexibility index (Phi) is 7.48. The second-order valence-corrected chi connectivity index (χ2v) is 10.3. The lowest BCUT2D eigenvalue weighted by Crippen LogP contribution is -2.51. The molecule has 0 unspecified atom stereocenters. The molecule has 0 aromatic heterocycles. The van der Waals surface area contributed by atoms with Crippen LogP contribution in [0.4, 0.5) is 4.79 Å². The first kappa shape index (κ1) is 24.8. The maximum atomic E-state index is 13.5. The van der Waals surface area contributed by atoms with Gasteiger partial charge in [-0.05, 0) is 48.5 Å². The predicted octanol–water partition coefficient (Wildman–Crippen LogP) is 5.16. The molecule has 0 spiro atoms. The summed E-state index contributed by atoms with van der Waals surface area (Å²) in [7, 11) is -4.06. The van der Waals surface area contributed by atoms with Gasteiger partial charge in [0.25, 0.3) is 0 Å². The van der Waals surface area contributed by atoms with Crippen LogP contribution in [0.5, 0.6) is 17.2 Å². The van der Waals surface area contributed by atoms with Crippen molar-refractivity contribution in [2.24, 2.45) is 0 Å². The molecule has 0 radical (unpaired) electrons. The van der Waals surface area contributed by atoms with Gasteiger partial charge in [0.15, 0.2) is 0 Å². The molecule has 180 valence electrons. The summed E-state index contributed by atoms with van der Waals surface area (Å²) >= 11 is 12.1. The largest absolute Gasteiger partial charge is 0.456 e. The van der Waals surface area contributed by atoms with E-state index >= 15 is 0 Å². The number of benzene rings is 3. The van der Waals surface area contributed by atoms with Gasteiger partial charge in [0.05, 0.1) is 11.6 Å². The normalized spacial score (nSPS) is 14.3. The Bertz CT molecular complexity index is 1370. The zero-order chi connectivity index (χ0) is 25.0. The third-order valence-electron chi connectivity index (χ3n) is 5.20. The Hall–Kier alpha value is -3.29. The highest BCUT2D eigenvalue weighted by Gasteiger charge is 2.33. The smallest absolute Gasteiger partial charge is 0.415 e. The second kappa shape index (κ2) is 10.5. The number of ether oxygens (including phenoxy) is 2. The lowest BCUT2D eigenvalue weighted by molar-refractivity contribution is 0.132. The standard InChI is InChI=1S/C24H19Cl2N3O5S/c25-18-13-19(26)15-21(14-18)33-22-7-6-17(16-27)12-23(22)35(31,32)29-10-8-28(9-11-29)24(30)34-20-4-2-1-3-5-20/h1-7,12-15H,8-11H2. The number of sulfonamides is 1. The number of hydrogen-bond donors (Lipinski definition) is 0. The first-order valence-corrected chi connectivity index (χ1v) is 12.7. The van der Waals surface area contributed by atoms with Crippen molar-refractivity contribution in [1.82, 2.24) is 9.21 Å². The van der Waals surface area contributed by atoms with Crippen molar-refractivity contribution in [3.8, 4) is 23.3 Å². The summed E-state index contributed by atoms with van der Waals surface area (Å²) in [6, 6.07) is 19.2. The van der Waals surface area contributed by atoms with Gasteiger partial charge in [0, 0.05) is 36.2 Å². The average Bonchev–Trinajstić information content (AvgIpc) is 2.84. The van der Waals surface area contributed by atoms with E-state index in [1.54, 1.807) is 30.3 Å². The summed E-state index contributed by atoms with van der Waals surface area (Å²) < 4.78 is 39.4. The zero-order valence-electron chi connectivity index (χ0n) is 18.2. The monoisotopic (exact) mass is 531 g/mol. The lowest BCUT2D eigenvalue weighted by Gasteiger charge is -2.33. The van der Waals surface area contributed by atoms with Crippen LogP contribution in [0.1, 0.15) is 5.56 Å². The number of nitriles is 1. The number of hydrogen-bond acceptors (Lipinski definition) is 6. The molecule has 1 saturated heterocycles. The van der Waals surface area contributed by atoms with E-state index in [1.165, 1.54) is 45.6 Å². The number of carbonyl (C=O) groups is 1. The highest BCUT2D eigenvalue weighted by molar-refractivity contribution is 7.89. The topological polar surface area (TPSA) is 99.9 Å². The Labute approximate surface area is 212 Å². The van der Waals surface area contributed by atoms with E-state index in [0.29, 0.717) is 15.8 Å². The second-order valence-electron chi connectivity index (χ2n) is 7.55. The SMILES string of the molecule is N#Cc1ccc(Oc2cc(Cl)cc(Cl)c2)c(S(=O)(=O)N2CCN(C(=O)Oc3ccccc3)CC2)c1. The van der Waals surface area contributed by atoms with Crippen LogP contribution in [0.25, 0.3) is 0 Å². The van der Waals surface area contributed by atoms with Crippen molar-refractivity contribution in [2.45, 2.75) is 4.90 Å². The number of para-hydroxylation sites is 1. The van der Waals surface area contributed by atoms with E-state index in [-0.39, 0.29) is 48.1 Å². The van der Waals surface area contributed by atoms with Gasteiger partial charge in [0.1, 0.15) is 22.1 Å². The molecule has 0 saturated carbocycles. The Morgan fingerprint density at radius 1 is 0.886 bits per heavy atom. The molecule has 0 atom stereocenters. The van der Waals surface area contributed by atoms with Crippen LogP contribution in [-0.4, -0.2) is 49.9 Å². The summed E-state index contributed by atoms with van der Waals surface area (Å²) in [5.74, 6) is 0.675. The molecule has 0 N–H and O–H groups in total. The highest BCUT2D eigenvalue weighted by atomic mass is 35.5. The van der Waals surface area contributed by atoms with Crippen molar-refractivity contribution in [3.63, 3.8) is 0 Å². The number of piperazine rings is 1. The van der Waals surface area contributed by atoms with Gasteiger partial charge in [-0.3, -0.25) is 0 Å². The minimum absolute atomic E-state index is 0.0215. The molecule has 0 aliphatic carbocycles. The van der Waals surface area contributed by atoms with E-state index in [1.807, 2.05) is 6.07 Å². The Balaban J connectivity index is 1.53. The molecular formula is C24H19Cl2N3O5S. The van der Waals surface area contributed by atoms with Crippen molar-refractivity contribution >= 4 is 39.3 Å². The van der Waals surface area contributed by atoms with E-state index in [0.717, 1.165) is 0 Å². The van der Waals surface area contributed by atoms with Crippen molar-refractivity contribution < 1.29 is 22.7 Å². The van der Waals surface area contributed by atoms with Gasteiger partial charge in [0.2, 0.25) is 10.0 Å². The fourth-order valence-electron chi connectivity index (χ4n) is 3.48. The molecule has 11 heteroatoms. The minimum atomic E-state index is -4.06. The molecule has 1 aliphatic rings. The number of halogens is 2. The van der Waals surface area contributed by atoms with Gasteiger partial charge < -0.3 is 14.4 Å². The van der Waals surface area contributed by atoms with Gasteiger partial charge in [-0.1, -0.05) is 41.4 Å². The number of carbonyl (C=O) groups excluding carboxylic acids is 1. The van der Waals surface area contributed by atoms with E-state index < -0.39 is 16.1 Å². The van der Waals surface area contributed by atoms with Gasteiger partial charge in [-0.2, -0.15) is 9.57 Å². The molecule has 0 bridgehead atoms. The molecule has 4 rings (SSSR count). The molecular weight excluding hydrogens is 513 g/mol. The first-order valence-electron chi connectivity index (χ1n) is 10.5. The number of nitrogens with zero attached hydrogens (tertiary/aromatic N) is 3. The van der Waals surface area contributed by atoms with Crippen molar-refractivity contribution in [1.29, 1.82) is 5.26 Å². The van der Waals surface area contributed by atoms with Gasteiger partial charge >= 0.3 is 6.09 Å². The van der Waals surface area contributed by atoms with E-state index in [4.69, 9.17) is 32.7 Å². The number of rotatable bonds is 5. The van der Waals surface area contributed by atoms with Gasteiger partial charge in [-0.15, -0.1) is 0 Å². The molecule has 1 fully saturated rings. The maximum Gasteiger partial charge on any atom is 0.415 e. The quantitative estimate of drug-likeness (QED) is 0.450. The predicted molar refractivity (Wildman–Crippen MR) is 130 cm³/mol. The third-order valence-corrected chi connectivity index (χ3v) is 7.56. The lowest BCUT2D eigenvalue weighted by atomic mass is 10.2. The Morgan fingerprint density at radius 2 is 1.54 bits per heavy atom. The summed E-state index contributed by atoms with van der Waals surface area (Å²) in [5, 5.41) is 9.96. The molecule has 1 amide bonds. The molecule has 3 aromatic rings. The van der Waals surface area contributed by atoms with Crippen molar-refractivity contribution in [2.75, 3.05) is 26.2 Å². The van der Waals surface area contributed by atoms with E-state index in [9.17, 15) is 18.5 Å². The maximum absolute atomic E-state index is 13.5. The molecule has 1 aliphatic heterocycles. The van der Waals surface area contributed by atoms with Gasteiger partial charge in [-0.25, -0.2) is 13.2 Å². The summed E-state index contributed by atoms with van der Waals surface area (Å²) in [5.41, 5.74) is 0.158. The van der Waals surface area contributed by atoms with E-state index in [2.05, 4.69) is 0 Å². The molecule has 35 heavy (non-hydrogen) atoms. The Morgan fingerprint density at radius 3 is 2.17 bits per heavy atom. The highest BCUT2D eigenvalue weighted by Crippen LogP contribution is 2.34. The van der Waals surface area contributed by atoms with Crippen LogP contribution in [0.15, 0.2) is 71.6 Å². The van der Waals surface area contributed by atoms with Crippen LogP contribution < -0.4 is 9.47 Å². The summed E-state index contributed by atoms with van der Waals surface area (Å²) in [4.78, 5) is 13.7. The summed E-state index contributed by atoms with van der Waals surface area (Å²) in [6.45, 7) is 0.378. The summed E-state index contributed by atoms with van der Waals surface area (Å²) in [6.07, 6.45) is -0.554.